The molecule has 1 saturated carbocycles. The SMILES string of the molecule is COC(=O)[C@@H]1C[C@@H](C(F)(F)F)C[C@@H]2OC[C@@H](C)[C@@H]21. The van der Waals surface area contributed by atoms with Crippen LogP contribution in [-0.4, -0.2) is 32.0 Å². The predicted octanol–water partition coefficient (Wildman–Crippen LogP) is 2.40. The minimum atomic E-state index is -4.27. The van der Waals surface area contributed by atoms with E-state index in [1.54, 1.807) is 0 Å². The van der Waals surface area contributed by atoms with Gasteiger partial charge in [0.05, 0.1) is 25.0 Å². The Morgan fingerprint density at radius 3 is 2.56 bits per heavy atom. The highest BCUT2D eigenvalue weighted by molar-refractivity contribution is 5.73. The molecule has 5 atom stereocenters. The average Bonchev–Trinajstić information content (AvgIpc) is 2.68. The maximum absolute atomic E-state index is 12.8. The molecule has 0 aromatic carbocycles. The molecule has 0 aromatic heterocycles. The van der Waals surface area contributed by atoms with Crippen molar-refractivity contribution in [3.63, 3.8) is 0 Å². The lowest BCUT2D eigenvalue weighted by Crippen LogP contribution is -2.44. The second-order valence-electron chi connectivity index (χ2n) is 5.27. The third kappa shape index (κ3) is 2.35. The zero-order valence-electron chi connectivity index (χ0n) is 10.4. The van der Waals surface area contributed by atoms with Crippen molar-refractivity contribution in [2.45, 2.75) is 32.0 Å². The summed E-state index contributed by atoms with van der Waals surface area (Å²) in [5.74, 6) is -2.74. The molecule has 0 spiro atoms. The monoisotopic (exact) mass is 266 g/mol. The van der Waals surface area contributed by atoms with E-state index in [4.69, 9.17) is 4.74 Å². The van der Waals surface area contributed by atoms with Gasteiger partial charge in [0.25, 0.3) is 0 Å². The molecule has 1 heterocycles. The molecule has 6 heteroatoms. The smallest absolute Gasteiger partial charge is 0.391 e. The first-order valence-corrected chi connectivity index (χ1v) is 6.10. The van der Waals surface area contributed by atoms with Crippen LogP contribution in [0.2, 0.25) is 0 Å². The Hall–Kier alpha value is -0.780. The zero-order chi connectivity index (χ0) is 13.5. The van der Waals surface area contributed by atoms with Crippen LogP contribution in [0.3, 0.4) is 0 Å². The number of hydrogen-bond donors (Lipinski definition) is 0. The van der Waals surface area contributed by atoms with Crippen molar-refractivity contribution in [2.24, 2.45) is 23.7 Å². The van der Waals surface area contributed by atoms with E-state index in [9.17, 15) is 18.0 Å². The average molecular weight is 266 g/mol. The van der Waals surface area contributed by atoms with Crippen molar-refractivity contribution in [3.05, 3.63) is 0 Å². The van der Waals surface area contributed by atoms with Gasteiger partial charge >= 0.3 is 12.1 Å². The molecule has 0 radical (unpaired) electrons. The molecule has 0 N–H and O–H groups in total. The van der Waals surface area contributed by atoms with Gasteiger partial charge < -0.3 is 9.47 Å². The van der Waals surface area contributed by atoms with Crippen LogP contribution in [0.15, 0.2) is 0 Å². The van der Waals surface area contributed by atoms with E-state index in [2.05, 4.69) is 4.74 Å². The summed E-state index contributed by atoms with van der Waals surface area (Å²) in [6, 6.07) is 0. The van der Waals surface area contributed by atoms with Crippen LogP contribution in [0.25, 0.3) is 0 Å². The van der Waals surface area contributed by atoms with Crippen LogP contribution in [0.4, 0.5) is 13.2 Å². The summed E-state index contributed by atoms with van der Waals surface area (Å²) in [6.07, 6.45) is -4.95. The molecule has 3 nitrogen and oxygen atoms in total. The fraction of sp³-hybridized carbons (Fsp3) is 0.917. The molecule has 1 aliphatic carbocycles. The van der Waals surface area contributed by atoms with Crippen LogP contribution >= 0.6 is 0 Å². The minimum absolute atomic E-state index is 0.0357. The van der Waals surface area contributed by atoms with Crippen molar-refractivity contribution < 1.29 is 27.4 Å². The molecule has 18 heavy (non-hydrogen) atoms. The summed E-state index contributed by atoms with van der Waals surface area (Å²) >= 11 is 0. The summed E-state index contributed by atoms with van der Waals surface area (Å²) in [5.41, 5.74) is 0. The molecule has 0 aromatic rings. The molecule has 0 unspecified atom stereocenters. The molecule has 2 aliphatic rings. The molecule has 1 aliphatic heterocycles. The van der Waals surface area contributed by atoms with Crippen molar-refractivity contribution in [1.82, 2.24) is 0 Å². The predicted molar refractivity (Wildman–Crippen MR) is 56.7 cm³/mol. The summed E-state index contributed by atoms with van der Waals surface area (Å²) in [6.45, 7) is 2.34. The standard InChI is InChI=1S/C12H17F3O3/c1-6-5-18-9-4-7(12(13,14)15)3-8(10(6)9)11(16)17-2/h6-10H,3-5H2,1-2H3/t6-,7-,8-,9+,10-/m1/s1. The van der Waals surface area contributed by atoms with Gasteiger partial charge in [-0.25, -0.2) is 0 Å². The Morgan fingerprint density at radius 1 is 1.33 bits per heavy atom. The summed E-state index contributed by atoms with van der Waals surface area (Å²) in [5, 5.41) is 0. The Kier molecular flexibility index (Phi) is 3.58. The fourth-order valence-corrected chi connectivity index (χ4v) is 3.26. The summed E-state index contributed by atoms with van der Waals surface area (Å²) in [7, 11) is 1.22. The summed E-state index contributed by atoms with van der Waals surface area (Å²) in [4.78, 5) is 11.7. The zero-order valence-corrected chi connectivity index (χ0v) is 10.4. The maximum Gasteiger partial charge on any atom is 0.391 e. The third-order valence-electron chi connectivity index (χ3n) is 4.15. The Bertz CT molecular complexity index is 329. The number of carbonyl (C=O) groups is 1. The van der Waals surface area contributed by atoms with Gasteiger partial charge in [0.15, 0.2) is 0 Å². The van der Waals surface area contributed by atoms with Gasteiger partial charge in [-0.1, -0.05) is 6.92 Å². The highest BCUT2D eigenvalue weighted by atomic mass is 19.4. The lowest BCUT2D eigenvalue weighted by atomic mass is 9.69. The Balaban J connectivity index is 2.21. The third-order valence-corrected chi connectivity index (χ3v) is 4.15. The number of methoxy groups -OCH3 is 1. The van der Waals surface area contributed by atoms with E-state index in [1.165, 1.54) is 7.11 Å². The molecule has 2 fully saturated rings. The van der Waals surface area contributed by atoms with E-state index in [1.807, 2.05) is 6.92 Å². The van der Waals surface area contributed by atoms with E-state index >= 15 is 0 Å². The Labute approximate surface area is 104 Å². The second kappa shape index (κ2) is 4.72. The van der Waals surface area contributed by atoms with Crippen molar-refractivity contribution >= 4 is 5.97 Å². The largest absolute Gasteiger partial charge is 0.469 e. The molecular formula is C12H17F3O3. The number of halogens is 3. The van der Waals surface area contributed by atoms with E-state index in [-0.39, 0.29) is 24.7 Å². The van der Waals surface area contributed by atoms with E-state index in [0.717, 1.165) is 0 Å². The normalized spacial score (nSPS) is 40.4. The molecule has 2 rings (SSSR count). The number of alkyl halides is 3. The van der Waals surface area contributed by atoms with Crippen LogP contribution in [0.1, 0.15) is 19.8 Å². The molecule has 104 valence electrons. The highest BCUT2D eigenvalue weighted by Gasteiger charge is 2.54. The van der Waals surface area contributed by atoms with Crippen molar-refractivity contribution in [1.29, 1.82) is 0 Å². The van der Waals surface area contributed by atoms with Crippen LogP contribution in [-0.2, 0) is 14.3 Å². The highest BCUT2D eigenvalue weighted by Crippen LogP contribution is 2.48. The number of rotatable bonds is 1. The maximum atomic E-state index is 12.8. The van der Waals surface area contributed by atoms with Gasteiger partial charge in [0.1, 0.15) is 0 Å². The van der Waals surface area contributed by atoms with Gasteiger partial charge in [-0.05, 0) is 18.8 Å². The van der Waals surface area contributed by atoms with Crippen molar-refractivity contribution in [2.75, 3.05) is 13.7 Å². The van der Waals surface area contributed by atoms with E-state index in [0.29, 0.717) is 6.61 Å². The molecule has 1 saturated heterocycles. The lowest BCUT2D eigenvalue weighted by molar-refractivity contribution is -0.201. The van der Waals surface area contributed by atoms with Crippen LogP contribution in [0.5, 0.6) is 0 Å². The quantitative estimate of drug-likeness (QED) is 0.684. The number of ether oxygens (including phenoxy) is 2. The lowest BCUT2D eigenvalue weighted by Gasteiger charge is -2.38. The summed E-state index contributed by atoms with van der Waals surface area (Å²) < 4.78 is 48.5. The van der Waals surface area contributed by atoms with E-state index < -0.39 is 30.1 Å². The number of carbonyl (C=O) groups excluding carboxylic acids is 1. The van der Waals surface area contributed by atoms with Gasteiger partial charge in [-0.15, -0.1) is 0 Å². The fourth-order valence-electron chi connectivity index (χ4n) is 3.26. The second-order valence-corrected chi connectivity index (χ2v) is 5.27. The molecular weight excluding hydrogens is 249 g/mol. The van der Waals surface area contributed by atoms with Crippen LogP contribution in [0, 0.1) is 23.7 Å². The number of hydrogen-bond acceptors (Lipinski definition) is 3. The van der Waals surface area contributed by atoms with Gasteiger partial charge in [-0.3, -0.25) is 4.79 Å². The minimum Gasteiger partial charge on any atom is -0.469 e. The first-order chi connectivity index (χ1) is 8.34. The Morgan fingerprint density at radius 2 is 2.00 bits per heavy atom. The van der Waals surface area contributed by atoms with Crippen LogP contribution < -0.4 is 0 Å². The van der Waals surface area contributed by atoms with Gasteiger partial charge in [0, 0.05) is 12.5 Å². The number of fused-ring (bicyclic) bond motifs is 1. The first kappa shape index (κ1) is 13.6. The topological polar surface area (TPSA) is 35.5 Å². The molecule has 0 bridgehead atoms. The molecule has 0 amide bonds. The first-order valence-electron chi connectivity index (χ1n) is 6.10. The van der Waals surface area contributed by atoms with Gasteiger partial charge in [-0.2, -0.15) is 13.2 Å². The van der Waals surface area contributed by atoms with Crippen molar-refractivity contribution in [3.8, 4) is 0 Å². The van der Waals surface area contributed by atoms with Gasteiger partial charge in [0.2, 0.25) is 0 Å². The number of esters is 1.